The molecule has 2 rings (SSSR count). The molecule has 1 atom stereocenters. The van der Waals surface area contributed by atoms with Gasteiger partial charge in [-0.1, -0.05) is 12.1 Å². The second-order valence-electron chi connectivity index (χ2n) is 4.32. The van der Waals surface area contributed by atoms with Crippen LogP contribution in [0.3, 0.4) is 0 Å². The maximum Gasteiger partial charge on any atom is 0.330 e. The molecule has 1 unspecified atom stereocenters. The Morgan fingerprint density at radius 1 is 1.38 bits per heavy atom. The van der Waals surface area contributed by atoms with Crippen molar-refractivity contribution in [1.29, 1.82) is 0 Å². The molecule has 1 aromatic heterocycles. The molecule has 1 heterocycles. The molecule has 1 amide bonds. The third kappa shape index (κ3) is 3.09. The predicted molar refractivity (Wildman–Crippen MR) is 74.9 cm³/mol. The van der Waals surface area contributed by atoms with Crippen LogP contribution in [0.5, 0.6) is 0 Å². The first-order chi connectivity index (χ1) is 10.1. The van der Waals surface area contributed by atoms with E-state index in [1.54, 1.807) is 24.3 Å². The fraction of sp³-hybridized carbons (Fsp3) is 0.214. The number of rotatable bonds is 4. The van der Waals surface area contributed by atoms with E-state index in [1.165, 1.54) is 0 Å². The first-order valence-corrected chi connectivity index (χ1v) is 6.18. The lowest BCUT2D eigenvalue weighted by Crippen LogP contribution is -2.44. The number of pyridine rings is 1. The summed E-state index contributed by atoms with van der Waals surface area (Å²) >= 11 is 0. The summed E-state index contributed by atoms with van der Waals surface area (Å²) in [5, 5.41) is 11.8. The van der Waals surface area contributed by atoms with Crippen LogP contribution >= 0.6 is 0 Å². The monoisotopic (exact) mass is 290 g/mol. The average Bonchev–Trinajstić information content (AvgIpc) is 2.51. The van der Waals surface area contributed by atoms with E-state index < -0.39 is 24.5 Å². The number of aromatic nitrogens is 1. The van der Waals surface area contributed by atoms with Gasteiger partial charge >= 0.3 is 5.97 Å². The zero-order valence-electron chi connectivity index (χ0n) is 11.3. The number of hydrogen-bond donors (Lipinski definition) is 3. The minimum atomic E-state index is -1.18. The number of para-hydroxylation sites is 1. The van der Waals surface area contributed by atoms with Gasteiger partial charge in [0.05, 0.1) is 13.7 Å². The highest BCUT2D eigenvalue weighted by Crippen LogP contribution is 2.07. The van der Waals surface area contributed by atoms with Crippen molar-refractivity contribution in [2.75, 3.05) is 13.7 Å². The number of esters is 1. The molecule has 0 aliphatic heterocycles. The van der Waals surface area contributed by atoms with Crippen molar-refractivity contribution in [1.82, 2.24) is 10.3 Å². The van der Waals surface area contributed by atoms with Gasteiger partial charge in [0, 0.05) is 17.0 Å². The van der Waals surface area contributed by atoms with Crippen LogP contribution in [-0.4, -0.2) is 41.7 Å². The van der Waals surface area contributed by atoms with Crippen molar-refractivity contribution in [2.45, 2.75) is 6.04 Å². The molecular formula is C14H14N2O5. The SMILES string of the molecule is COC(=O)C(CO)NC(=O)c1cc(=O)c2ccccc2[nH]1. The van der Waals surface area contributed by atoms with E-state index in [-0.39, 0.29) is 11.1 Å². The highest BCUT2D eigenvalue weighted by atomic mass is 16.5. The van der Waals surface area contributed by atoms with Gasteiger partial charge in [0.1, 0.15) is 5.69 Å². The molecule has 0 bridgehead atoms. The number of methoxy groups -OCH3 is 1. The number of carbonyl (C=O) groups excluding carboxylic acids is 2. The number of nitrogens with one attached hydrogen (secondary N) is 2. The Labute approximate surface area is 119 Å². The number of benzene rings is 1. The van der Waals surface area contributed by atoms with Crippen molar-refractivity contribution in [3.63, 3.8) is 0 Å². The van der Waals surface area contributed by atoms with E-state index in [0.29, 0.717) is 10.9 Å². The molecule has 0 fully saturated rings. The smallest absolute Gasteiger partial charge is 0.330 e. The summed E-state index contributed by atoms with van der Waals surface area (Å²) in [4.78, 5) is 38.1. The van der Waals surface area contributed by atoms with Crippen LogP contribution in [0.15, 0.2) is 35.1 Å². The van der Waals surface area contributed by atoms with Crippen LogP contribution in [0.4, 0.5) is 0 Å². The molecule has 1 aromatic carbocycles. The Morgan fingerprint density at radius 2 is 2.10 bits per heavy atom. The Balaban J connectivity index is 2.31. The number of H-pyrrole nitrogens is 1. The Kier molecular flexibility index (Phi) is 4.34. The van der Waals surface area contributed by atoms with E-state index in [2.05, 4.69) is 15.0 Å². The number of carbonyl (C=O) groups is 2. The fourth-order valence-corrected chi connectivity index (χ4v) is 1.88. The highest BCUT2D eigenvalue weighted by molar-refractivity contribution is 5.97. The standard InChI is InChI=1S/C14H14N2O5/c1-21-14(20)11(7-17)16-13(19)10-6-12(18)8-4-2-3-5-9(8)15-10/h2-6,11,17H,7H2,1H3,(H,15,18)(H,16,19). The van der Waals surface area contributed by atoms with Crippen molar-refractivity contribution in [2.24, 2.45) is 0 Å². The molecule has 0 saturated carbocycles. The summed E-state index contributed by atoms with van der Waals surface area (Å²) in [6.45, 7) is -0.601. The number of ether oxygens (including phenoxy) is 1. The number of aliphatic hydroxyl groups excluding tert-OH is 1. The summed E-state index contributed by atoms with van der Waals surface area (Å²) < 4.78 is 4.45. The van der Waals surface area contributed by atoms with Crippen LogP contribution in [-0.2, 0) is 9.53 Å². The van der Waals surface area contributed by atoms with Gasteiger partial charge in [-0.05, 0) is 12.1 Å². The normalized spacial score (nSPS) is 11.9. The Morgan fingerprint density at radius 3 is 2.76 bits per heavy atom. The first kappa shape index (κ1) is 14.7. The van der Waals surface area contributed by atoms with Crippen molar-refractivity contribution in [3.8, 4) is 0 Å². The van der Waals surface area contributed by atoms with E-state index in [4.69, 9.17) is 5.11 Å². The zero-order chi connectivity index (χ0) is 15.4. The Bertz CT molecular complexity index is 737. The van der Waals surface area contributed by atoms with Crippen molar-refractivity contribution >= 4 is 22.8 Å². The number of amides is 1. The van der Waals surface area contributed by atoms with Gasteiger partial charge in [-0.2, -0.15) is 0 Å². The minimum absolute atomic E-state index is 0.000975. The van der Waals surface area contributed by atoms with Crippen LogP contribution < -0.4 is 10.7 Å². The number of fused-ring (bicyclic) bond motifs is 1. The molecule has 110 valence electrons. The van der Waals surface area contributed by atoms with E-state index >= 15 is 0 Å². The quantitative estimate of drug-likeness (QED) is 0.675. The minimum Gasteiger partial charge on any atom is -0.467 e. The van der Waals surface area contributed by atoms with Crippen LogP contribution in [0.2, 0.25) is 0 Å². The van der Waals surface area contributed by atoms with Gasteiger partial charge in [-0.3, -0.25) is 9.59 Å². The molecule has 0 aliphatic rings. The van der Waals surface area contributed by atoms with Gasteiger partial charge in [-0.15, -0.1) is 0 Å². The molecule has 0 aliphatic carbocycles. The second kappa shape index (κ2) is 6.19. The lowest BCUT2D eigenvalue weighted by molar-refractivity contribution is -0.143. The average molecular weight is 290 g/mol. The van der Waals surface area contributed by atoms with E-state index in [0.717, 1.165) is 13.2 Å². The van der Waals surface area contributed by atoms with Gasteiger partial charge in [-0.25, -0.2) is 4.79 Å². The summed E-state index contributed by atoms with van der Waals surface area (Å²) in [6, 6.07) is 6.71. The van der Waals surface area contributed by atoms with Gasteiger partial charge in [0.2, 0.25) is 0 Å². The fourth-order valence-electron chi connectivity index (χ4n) is 1.88. The number of aromatic amines is 1. The maximum absolute atomic E-state index is 12.0. The molecule has 0 saturated heterocycles. The van der Waals surface area contributed by atoms with Gasteiger partial charge in [0.15, 0.2) is 11.5 Å². The van der Waals surface area contributed by atoms with Gasteiger partial charge < -0.3 is 20.1 Å². The lowest BCUT2D eigenvalue weighted by atomic mass is 10.2. The second-order valence-corrected chi connectivity index (χ2v) is 4.32. The van der Waals surface area contributed by atoms with Crippen LogP contribution in [0.25, 0.3) is 10.9 Å². The number of aliphatic hydroxyl groups is 1. The summed E-state index contributed by atoms with van der Waals surface area (Å²) in [5.41, 5.74) is 0.197. The maximum atomic E-state index is 12.0. The van der Waals surface area contributed by atoms with Crippen molar-refractivity contribution < 1.29 is 19.4 Å². The first-order valence-electron chi connectivity index (χ1n) is 6.18. The topological polar surface area (TPSA) is 108 Å². The lowest BCUT2D eigenvalue weighted by Gasteiger charge is -2.13. The van der Waals surface area contributed by atoms with E-state index in [9.17, 15) is 14.4 Å². The third-order valence-corrected chi connectivity index (χ3v) is 2.96. The molecule has 21 heavy (non-hydrogen) atoms. The largest absolute Gasteiger partial charge is 0.467 e. The molecule has 3 N–H and O–H groups in total. The number of hydrogen-bond acceptors (Lipinski definition) is 5. The Hall–Kier alpha value is -2.67. The molecular weight excluding hydrogens is 276 g/mol. The molecule has 0 radical (unpaired) electrons. The molecule has 0 spiro atoms. The van der Waals surface area contributed by atoms with Crippen LogP contribution in [0, 0.1) is 0 Å². The van der Waals surface area contributed by atoms with E-state index in [1.807, 2.05) is 0 Å². The van der Waals surface area contributed by atoms with Gasteiger partial charge in [0.25, 0.3) is 5.91 Å². The predicted octanol–water partition coefficient (Wildman–Crippen LogP) is -0.208. The van der Waals surface area contributed by atoms with Crippen molar-refractivity contribution in [3.05, 3.63) is 46.2 Å². The molecule has 7 heteroatoms. The molecule has 7 nitrogen and oxygen atoms in total. The summed E-state index contributed by atoms with van der Waals surface area (Å²) in [6.07, 6.45) is 0. The van der Waals surface area contributed by atoms with Crippen LogP contribution in [0.1, 0.15) is 10.5 Å². The summed E-state index contributed by atoms with van der Waals surface area (Å²) in [5.74, 6) is -1.45. The zero-order valence-corrected chi connectivity index (χ0v) is 11.3. The molecule has 2 aromatic rings. The third-order valence-electron chi connectivity index (χ3n) is 2.96. The summed E-state index contributed by atoms with van der Waals surface area (Å²) in [7, 11) is 1.15. The highest BCUT2D eigenvalue weighted by Gasteiger charge is 2.21.